The first-order chi connectivity index (χ1) is 13.1. The van der Waals surface area contributed by atoms with Crippen LogP contribution in [-0.2, 0) is 6.42 Å². The maximum atomic E-state index is 12.6. The van der Waals surface area contributed by atoms with E-state index in [4.69, 9.17) is 0 Å². The Bertz CT molecular complexity index is 852. The Morgan fingerprint density at radius 2 is 2.04 bits per heavy atom. The molecule has 1 aromatic carbocycles. The molecule has 2 aromatic rings. The standard InChI is InChI=1S/C21H26N4O2/c1-15-19(14-23-25(15)17-7-3-4-8-17)20(26)22-11-13-24-12-10-16-6-2-5-9-18(16)21(24)27/h2,5-6,9,14,17H,3-4,7-8,10-13H2,1H3,(H,22,26). The van der Waals surface area contributed by atoms with Gasteiger partial charge in [-0.3, -0.25) is 14.3 Å². The summed E-state index contributed by atoms with van der Waals surface area (Å²) >= 11 is 0. The average Bonchev–Trinajstić information content (AvgIpc) is 3.33. The molecule has 1 N–H and O–H groups in total. The maximum Gasteiger partial charge on any atom is 0.254 e. The number of benzene rings is 1. The van der Waals surface area contributed by atoms with Crippen LogP contribution in [0.25, 0.3) is 0 Å². The summed E-state index contributed by atoms with van der Waals surface area (Å²) in [7, 11) is 0. The molecule has 1 aromatic heterocycles. The fourth-order valence-corrected chi connectivity index (χ4v) is 4.25. The molecule has 142 valence electrons. The minimum absolute atomic E-state index is 0.0522. The van der Waals surface area contributed by atoms with Gasteiger partial charge in [-0.05, 0) is 37.8 Å². The van der Waals surface area contributed by atoms with E-state index in [1.54, 1.807) is 6.20 Å². The number of amides is 2. The van der Waals surface area contributed by atoms with Crippen molar-refractivity contribution in [2.24, 2.45) is 0 Å². The van der Waals surface area contributed by atoms with E-state index in [0.717, 1.165) is 36.1 Å². The maximum absolute atomic E-state index is 12.6. The first kappa shape index (κ1) is 17.8. The zero-order valence-electron chi connectivity index (χ0n) is 15.8. The molecule has 0 radical (unpaired) electrons. The molecule has 0 saturated heterocycles. The Morgan fingerprint density at radius 3 is 2.85 bits per heavy atom. The van der Waals surface area contributed by atoms with Crippen molar-refractivity contribution in [1.82, 2.24) is 20.0 Å². The number of nitrogens with zero attached hydrogens (tertiary/aromatic N) is 3. The van der Waals surface area contributed by atoms with E-state index in [1.807, 2.05) is 40.8 Å². The molecule has 27 heavy (non-hydrogen) atoms. The first-order valence-electron chi connectivity index (χ1n) is 9.84. The van der Waals surface area contributed by atoms with Crippen molar-refractivity contribution >= 4 is 11.8 Å². The van der Waals surface area contributed by atoms with Gasteiger partial charge in [-0.2, -0.15) is 5.10 Å². The molecule has 1 aliphatic carbocycles. The molecule has 0 atom stereocenters. The van der Waals surface area contributed by atoms with E-state index in [2.05, 4.69) is 10.4 Å². The van der Waals surface area contributed by atoms with Crippen LogP contribution in [0.1, 0.15) is 63.7 Å². The van der Waals surface area contributed by atoms with Crippen LogP contribution >= 0.6 is 0 Å². The molecule has 0 bridgehead atoms. The average molecular weight is 366 g/mol. The highest BCUT2D eigenvalue weighted by atomic mass is 16.2. The van der Waals surface area contributed by atoms with Gasteiger partial charge < -0.3 is 10.2 Å². The summed E-state index contributed by atoms with van der Waals surface area (Å²) in [5.41, 5.74) is 3.46. The van der Waals surface area contributed by atoms with Crippen molar-refractivity contribution in [2.75, 3.05) is 19.6 Å². The predicted molar refractivity (Wildman–Crippen MR) is 103 cm³/mol. The minimum atomic E-state index is -0.110. The quantitative estimate of drug-likeness (QED) is 0.885. The van der Waals surface area contributed by atoms with E-state index in [-0.39, 0.29) is 11.8 Å². The highest BCUT2D eigenvalue weighted by molar-refractivity contribution is 5.97. The molecule has 1 aliphatic heterocycles. The zero-order valence-corrected chi connectivity index (χ0v) is 15.8. The fraction of sp³-hybridized carbons (Fsp3) is 0.476. The molecule has 0 unspecified atom stereocenters. The van der Waals surface area contributed by atoms with Gasteiger partial charge in [0.25, 0.3) is 11.8 Å². The number of aromatic nitrogens is 2. The lowest BCUT2D eigenvalue weighted by molar-refractivity contribution is 0.0733. The van der Waals surface area contributed by atoms with E-state index in [9.17, 15) is 9.59 Å². The van der Waals surface area contributed by atoms with Crippen LogP contribution in [0, 0.1) is 6.92 Å². The molecule has 6 heteroatoms. The van der Waals surface area contributed by atoms with Gasteiger partial charge in [0.05, 0.1) is 17.8 Å². The van der Waals surface area contributed by atoms with Crippen LogP contribution in [0.5, 0.6) is 0 Å². The van der Waals surface area contributed by atoms with Gasteiger partial charge >= 0.3 is 0 Å². The predicted octanol–water partition coefficient (Wildman–Crippen LogP) is 2.73. The normalized spacial score (nSPS) is 17.2. The Hall–Kier alpha value is -2.63. The van der Waals surface area contributed by atoms with Crippen molar-refractivity contribution in [2.45, 2.75) is 45.1 Å². The van der Waals surface area contributed by atoms with Gasteiger partial charge in [0.1, 0.15) is 0 Å². The van der Waals surface area contributed by atoms with Crippen LogP contribution in [-0.4, -0.2) is 46.1 Å². The molecule has 1 saturated carbocycles. The van der Waals surface area contributed by atoms with Gasteiger partial charge in [0.2, 0.25) is 0 Å². The Kier molecular flexibility index (Phi) is 4.97. The highest BCUT2D eigenvalue weighted by Gasteiger charge is 2.25. The highest BCUT2D eigenvalue weighted by Crippen LogP contribution is 2.30. The summed E-state index contributed by atoms with van der Waals surface area (Å²) in [5.74, 6) is -0.0575. The number of nitrogens with one attached hydrogen (secondary N) is 1. The van der Waals surface area contributed by atoms with E-state index in [1.165, 1.54) is 12.8 Å². The summed E-state index contributed by atoms with van der Waals surface area (Å²) in [6.07, 6.45) is 7.29. The zero-order chi connectivity index (χ0) is 18.8. The van der Waals surface area contributed by atoms with Crippen molar-refractivity contribution in [1.29, 1.82) is 0 Å². The summed E-state index contributed by atoms with van der Waals surface area (Å²) in [4.78, 5) is 26.9. The van der Waals surface area contributed by atoms with Crippen molar-refractivity contribution in [3.63, 3.8) is 0 Å². The molecule has 0 spiro atoms. The number of hydrogen-bond donors (Lipinski definition) is 1. The van der Waals surface area contributed by atoms with Crippen LogP contribution < -0.4 is 5.32 Å². The van der Waals surface area contributed by atoms with Crippen molar-refractivity contribution in [3.8, 4) is 0 Å². The number of fused-ring (bicyclic) bond motifs is 1. The number of carbonyl (C=O) groups excluding carboxylic acids is 2. The Balaban J connectivity index is 1.33. The van der Waals surface area contributed by atoms with Gasteiger partial charge in [-0.1, -0.05) is 31.0 Å². The number of carbonyl (C=O) groups is 2. The Labute approximate surface area is 159 Å². The second kappa shape index (κ2) is 7.55. The third kappa shape index (κ3) is 3.48. The number of hydrogen-bond acceptors (Lipinski definition) is 3. The van der Waals surface area contributed by atoms with E-state index >= 15 is 0 Å². The molecule has 2 aliphatic rings. The van der Waals surface area contributed by atoms with Gasteiger partial charge in [0, 0.05) is 30.9 Å². The minimum Gasteiger partial charge on any atom is -0.350 e. The lowest BCUT2D eigenvalue weighted by atomic mass is 9.99. The van der Waals surface area contributed by atoms with Gasteiger partial charge in [-0.25, -0.2) is 0 Å². The molecule has 2 heterocycles. The summed E-state index contributed by atoms with van der Waals surface area (Å²) in [6, 6.07) is 8.18. The SMILES string of the molecule is Cc1c(C(=O)NCCN2CCc3ccccc3C2=O)cnn1C1CCCC1. The first-order valence-corrected chi connectivity index (χ1v) is 9.84. The Morgan fingerprint density at radius 1 is 1.26 bits per heavy atom. The van der Waals surface area contributed by atoms with Crippen molar-refractivity contribution in [3.05, 3.63) is 52.8 Å². The third-order valence-electron chi connectivity index (χ3n) is 5.81. The lowest BCUT2D eigenvalue weighted by Gasteiger charge is -2.28. The fourth-order valence-electron chi connectivity index (χ4n) is 4.25. The monoisotopic (exact) mass is 366 g/mol. The smallest absolute Gasteiger partial charge is 0.254 e. The lowest BCUT2D eigenvalue weighted by Crippen LogP contribution is -2.42. The van der Waals surface area contributed by atoms with Crippen molar-refractivity contribution < 1.29 is 9.59 Å². The van der Waals surface area contributed by atoms with Crippen LogP contribution in [0.15, 0.2) is 30.5 Å². The van der Waals surface area contributed by atoms with E-state index in [0.29, 0.717) is 31.2 Å². The second-order valence-corrected chi connectivity index (χ2v) is 7.48. The molecule has 4 rings (SSSR count). The van der Waals surface area contributed by atoms with E-state index < -0.39 is 0 Å². The van der Waals surface area contributed by atoms with Crippen LogP contribution in [0.3, 0.4) is 0 Å². The second-order valence-electron chi connectivity index (χ2n) is 7.48. The summed E-state index contributed by atoms with van der Waals surface area (Å²) < 4.78 is 2.01. The largest absolute Gasteiger partial charge is 0.350 e. The third-order valence-corrected chi connectivity index (χ3v) is 5.81. The number of rotatable bonds is 5. The van der Waals surface area contributed by atoms with Gasteiger partial charge in [-0.15, -0.1) is 0 Å². The molecule has 1 fully saturated rings. The van der Waals surface area contributed by atoms with Gasteiger partial charge in [0.15, 0.2) is 0 Å². The topological polar surface area (TPSA) is 67.2 Å². The molecule has 2 amide bonds. The summed E-state index contributed by atoms with van der Waals surface area (Å²) in [6.45, 7) is 3.63. The molecular weight excluding hydrogens is 340 g/mol. The van der Waals surface area contributed by atoms with Crippen LogP contribution in [0.2, 0.25) is 0 Å². The molecular formula is C21H26N4O2. The molecule has 6 nitrogen and oxygen atoms in total. The van der Waals surface area contributed by atoms with Crippen LogP contribution in [0.4, 0.5) is 0 Å². The summed E-state index contributed by atoms with van der Waals surface area (Å²) in [5, 5.41) is 7.39.